The molecular formula is C13H12N2O3. The number of aromatic amines is 1. The lowest BCUT2D eigenvalue weighted by Gasteiger charge is -2.07. The molecule has 18 heavy (non-hydrogen) atoms. The van der Waals surface area contributed by atoms with Crippen molar-refractivity contribution in [3.05, 3.63) is 52.3 Å². The minimum Gasteiger partial charge on any atom is -0.477 e. The van der Waals surface area contributed by atoms with E-state index < -0.39 is 11.4 Å². The normalized spacial score (nSPS) is 10.4. The number of carboxylic acids is 1. The Kier molecular flexibility index (Phi) is 2.89. The molecule has 2 aromatic rings. The molecular weight excluding hydrogens is 232 g/mol. The Labute approximate surface area is 103 Å². The molecule has 0 spiro atoms. The maximum absolute atomic E-state index is 12.0. The Morgan fingerprint density at radius 2 is 2.22 bits per heavy atom. The van der Waals surface area contributed by atoms with E-state index in [-0.39, 0.29) is 16.6 Å². The summed E-state index contributed by atoms with van der Waals surface area (Å²) in [6.07, 6.45) is 3.46. The number of nitrogens with two attached hydrogens (primary N) is 1. The van der Waals surface area contributed by atoms with Crippen LogP contribution in [0.25, 0.3) is 10.9 Å². The van der Waals surface area contributed by atoms with Crippen LogP contribution >= 0.6 is 0 Å². The summed E-state index contributed by atoms with van der Waals surface area (Å²) in [7, 11) is 0. The molecule has 0 saturated carbocycles. The highest BCUT2D eigenvalue weighted by Crippen LogP contribution is 2.21. The van der Waals surface area contributed by atoms with Crippen LogP contribution in [0.2, 0.25) is 0 Å². The molecule has 2 rings (SSSR count). The van der Waals surface area contributed by atoms with Crippen molar-refractivity contribution in [3.8, 4) is 0 Å². The molecule has 0 atom stereocenters. The molecule has 5 heteroatoms. The molecule has 4 N–H and O–H groups in total. The summed E-state index contributed by atoms with van der Waals surface area (Å²) in [6, 6.07) is 3.39. The van der Waals surface area contributed by atoms with Gasteiger partial charge in [0.25, 0.3) is 0 Å². The van der Waals surface area contributed by atoms with Gasteiger partial charge < -0.3 is 15.8 Å². The third kappa shape index (κ3) is 1.75. The van der Waals surface area contributed by atoms with Crippen molar-refractivity contribution in [2.75, 3.05) is 5.73 Å². The lowest BCUT2D eigenvalue weighted by Crippen LogP contribution is -2.17. The summed E-state index contributed by atoms with van der Waals surface area (Å²) in [4.78, 5) is 25.8. The average Bonchev–Trinajstić information content (AvgIpc) is 2.32. The number of nitrogens with one attached hydrogen (secondary N) is 1. The zero-order chi connectivity index (χ0) is 13.3. The first kappa shape index (κ1) is 11.9. The molecule has 0 radical (unpaired) electrons. The molecule has 0 aliphatic heterocycles. The van der Waals surface area contributed by atoms with Crippen molar-refractivity contribution >= 4 is 22.6 Å². The van der Waals surface area contributed by atoms with Gasteiger partial charge in [0, 0.05) is 11.9 Å². The maximum atomic E-state index is 12.0. The van der Waals surface area contributed by atoms with Gasteiger partial charge in [0.2, 0.25) is 5.43 Å². The van der Waals surface area contributed by atoms with E-state index in [1.807, 2.05) is 0 Å². The first-order valence-electron chi connectivity index (χ1n) is 5.33. The van der Waals surface area contributed by atoms with Crippen LogP contribution in [0.15, 0.2) is 35.8 Å². The predicted octanol–water partition coefficient (Wildman–Crippen LogP) is 1.54. The van der Waals surface area contributed by atoms with E-state index in [9.17, 15) is 9.59 Å². The molecule has 0 bridgehead atoms. The smallest absolute Gasteiger partial charge is 0.341 e. The van der Waals surface area contributed by atoms with Gasteiger partial charge in [0.1, 0.15) is 5.56 Å². The number of anilines is 1. The van der Waals surface area contributed by atoms with Crippen molar-refractivity contribution in [1.29, 1.82) is 0 Å². The fourth-order valence-corrected chi connectivity index (χ4v) is 1.90. The zero-order valence-electron chi connectivity index (χ0n) is 9.56. The molecule has 0 unspecified atom stereocenters. The van der Waals surface area contributed by atoms with Crippen LogP contribution in [-0.4, -0.2) is 16.1 Å². The number of H-pyrrole nitrogens is 1. The first-order valence-corrected chi connectivity index (χ1v) is 5.33. The van der Waals surface area contributed by atoms with Crippen LogP contribution in [0.5, 0.6) is 0 Å². The number of fused-ring (bicyclic) bond motifs is 1. The quantitative estimate of drug-likeness (QED) is 0.563. The molecule has 0 aliphatic rings. The van der Waals surface area contributed by atoms with Gasteiger partial charge >= 0.3 is 5.97 Å². The fraction of sp³-hybridized carbons (Fsp3) is 0.0769. The van der Waals surface area contributed by atoms with Crippen molar-refractivity contribution in [2.45, 2.75) is 6.42 Å². The second kappa shape index (κ2) is 4.37. The summed E-state index contributed by atoms with van der Waals surface area (Å²) in [5.41, 5.74) is 6.54. The van der Waals surface area contributed by atoms with Crippen LogP contribution in [0, 0.1) is 0 Å². The van der Waals surface area contributed by atoms with E-state index in [2.05, 4.69) is 11.6 Å². The molecule has 1 aromatic heterocycles. The van der Waals surface area contributed by atoms with Crippen LogP contribution in [0.4, 0.5) is 5.69 Å². The monoisotopic (exact) mass is 244 g/mol. The standard InChI is InChI=1S/C13H12N2O3/c1-2-3-7-4-5-9(14)10-11(7)15-6-8(12(10)16)13(17)18/h2,4-6H,1,3,14H2,(H,15,16)(H,17,18). The second-order valence-electron chi connectivity index (χ2n) is 3.89. The first-order chi connectivity index (χ1) is 8.56. The van der Waals surface area contributed by atoms with Gasteiger partial charge in [-0.1, -0.05) is 12.1 Å². The van der Waals surface area contributed by atoms with E-state index in [1.54, 1.807) is 18.2 Å². The minimum absolute atomic E-state index is 0.217. The largest absolute Gasteiger partial charge is 0.477 e. The summed E-state index contributed by atoms with van der Waals surface area (Å²) in [5, 5.41) is 9.13. The number of carboxylic acid groups (broad SMARTS) is 1. The number of nitrogen functional groups attached to an aromatic ring is 1. The highest BCUT2D eigenvalue weighted by Gasteiger charge is 2.14. The number of carbonyl (C=O) groups is 1. The highest BCUT2D eigenvalue weighted by molar-refractivity contribution is 5.98. The van der Waals surface area contributed by atoms with Crippen LogP contribution in [0.3, 0.4) is 0 Å². The van der Waals surface area contributed by atoms with Gasteiger partial charge in [0.05, 0.1) is 10.9 Å². The number of pyridine rings is 1. The number of aromatic carboxylic acids is 1. The van der Waals surface area contributed by atoms with E-state index in [0.717, 1.165) is 5.56 Å². The maximum Gasteiger partial charge on any atom is 0.341 e. The lowest BCUT2D eigenvalue weighted by molar-refractivity contribution is 0.0695. The van der Waals surface area contributed by atoms with E-state index in [4.69, 9.17) is 10.8 Å². The third-order valence-electron chi connectivity index (χ3n) is 2.75. The zero-order valence-corrected chi connectivity index (χ0v) is 9.56. The van der Waals surface area contributed by atoms with Crippen molar-refractivity contribution in [2.24, 2.45) is 0 Å². The van der Waals surface area contributed by atoms with Crippen molar-refractivity contribution in [3.63, 3.8) is 0 Å². The number of aromatic nitrogens is 1. The van der Waals surface area contributed by atoms with Crippen molar-refractivity contribution < 1.29 is 9.90 Å². The molecule has 5 nitrogen and oxygen atoms in total. The number of benzene rings is 1. The van der Waals surface area contributed by atoms with Gasteiger partial charge in [-0.2, -0.15) is 0 Å². The molecule has 0 aliphatic carbocycles. The number of hydrogen-bond donors (Lipinski definition) is 3. The second-order valence-corrected chi connectivity index (χ2v) is 3.89. The van der Waals surface area contributed by atoms with Crippen LogP contribution in [0.1, 0.15) is 15.9 Å². The van der Waals surface area contributed by atoms with Crippen LogP contribution < -0.4 is 11.2 Å². The Morgan fingerprint density at radius 3 is 2.83 bits per heavy atom. The lowest BCUT2D eigenvalue weighted by atomic mass is 10.0. The van der Waals surface area contributed by atoms with Gasteiger partial charge in [-0.3, -0.25) is 4.79 Å². The summed E-state index contributed by atoms with van der Waals surface area (Å²) in [6.45, 7) is 3.64. The molecule has 0 fully saturated rings. The molecule has 1 aromatic carbocycles. The highest BCUT2D eigenvalue weighted by atomic mass is 16.4. The third-order valence-corrected chi connectivity index (χ3v) is 2.75. The Bertz CT molecular complexity index is 701. The Balaban J connectivity index is 2.89. The molecule has 0 amide bonds. The van der Waals surface area contributed by atoms with E-state index in [1.165, 1.54) is 6.20 Å². The van der Waals surface area contributed by atoms with Crippen LogP contribution in [-0.2, 0) is 6.42 Å². The van der Waals surface area contributed by atoms with Gasteiger partial charge in [-0.25, -0.2) is 4.79 Å². The van der Waals surface area contributed by atoms with Gasteiger partial charge in [0.15, 0.2) is 0 Å². The number of rotatable bonds is 3. The average molecular weight is 244 g/mol. The SMILES string of the molecule is C=CCc1ccc(N)c2c(=O)c(C(=O)O)c[nH]c12. The Hall–Kier alpha value is -2.56. The fourth-order valence-electron chi connectivity index (χ4n) is 1.90. The van der Waals surface area contributed by atoms with Crippen molar-refractivity contribution in [1.82, 2.24) is 4.98 Å². The number of hydrogen-bond acceptors (Lipinski definition) is 3. The summed E-state index contributed by atoms with van der Waals surface area (Å²) in [5.74, 6) is -1.27. The number of allylic oxidation sites excluding steroid dienone is 1. The van der Waals surface area contributed by atoms with Gasteiger partial charge in [-0.05, 0) is 18.1 Å². The topological polar surface area (TPSA) is 96.2 Å². The molecule has 0 saturated heterocycles. The van der Waals surface area contributed by atoms with Gasteiger partial charge in [-0.15, -0.1) is 6.58 Å². The predicted molar refractivity (Wildman–Crippen MR) is 69.8 cm³/mol. The minimum atomic E-state index is -1.27. The Morgan fingerprint density at radius 1 is 1.50 bits per heavy atom. The summed E-state index contributed by atoms with van der Waals surface area (Å²) >= 11 is 0. The molecule has 1 heterocycles. The van der Waals surface area contributed by atoms with E-state index >= 15 is 0 Å². The summed E-state index contributed by atoms with van der Waals surface area (Å²) < 4.78 is 0. The van der Waals surface area contributed by atoms with E-state index in [0.29, 0.717) is 11.9 Å². The molecule has 92 valence electrons.